The van der Waals surface area contributed by atoms with Crippen LogP contribution in [0.3, 0.4) is 0 Å². The first-order valence-corrected chi connectivity index (χ1v) is 26.2. The Kier molecular flexibility index (Phi) is 35.5. The highest BCUT2D eigenvalue weighted by Crippen LogP contribution is 2.47. The number of unbranched alkanes of at least 4 members (excludes halogenated alkanes) is 28. The molecule has 0 aromatic carbocycles. The Morgan fingerprint density at radius 1 is 0.574 bits per heavy atom. The maximum Gasteiger partial charge on any atom is 0.472 e. The normalized spacial score (nSPS) is 23.2. The zero-order valence-corrected chi connectivity index (χ0v) is 39.2. The lowest BCUT2D eigenvalue weighted by atomic mass is 9.85. The van der Waals surface area contributed by atoms with Crippen molar-refractivity contribution in [2.45, 2.75) is 274 Å². The SMILES string of the molecule is CCCCCCCCCCCCCCCCCC/C=C/C(O)C(COP(=O)(O)OC1C(O)C(O)C(O)C(O)C1O)NC(=O)CC(O)CCCCCCCCCCCCCCC. The fourth-order valence-corrected chi connectivity index (χ4v) is 9.03. The van der Waals surface area contributed by atoms with Gasteiger partial charge in [0, 0.05) is 0 Å². The van der Waals surface area contributed by atoms with Crippen molar-refractivity contribution in [3.8, 4) is 0 Å². The number of carbonyl (C=O) groups excluding carboxylic acids is 1. The van der Waals surface area contributed by atoms with E-state index in [0.29, 0.717) is 12.8 Å². The molecule has 1 aliphatic rings. The summed E-state index contributed by atoms with van der Waals surface area (Å²) in [5.41, 5.74) is 0. The number of rotatable bonds is 41. The Morgan fingerprint density at radius 2 is 0.934 bits per heavy atom. The van der Waals surface area contributed by atoms with Gasteiger partial charge in [-0.05, 0) is 19.3 Å². The second-order valence-corrected chi connectivity index (χ2v) is 19.3. The van der Waals surface area contributed by atoms with Crippen LogP contribution in [0.25, 0.3) is 0 Å². The van der Waals surface area contributed by atoms with Gasteiger partial charge in [-0.25, -0.2) is 4.57 Å². The average Bonchev–Trinajstić information content (AvgIpc) is 3.23. The van der Waals surface area contributed by atoms with Crippen LogP contribution in [0.15, 0.2) is 12.2 Å². The number of carbonyl (C=O) groups is 1. The number of hydrogen-bond acceptors (Lipinski definition) is 11. The van der Waals surface area contributed by atoms with Crippen LogP contribution in [-0.2, 0) is 18.4 Å². The lowest BCUT2D eigenvalue weighted by Crippen LogP contribution is -2.64. The molecule has 8 atom stereocenters. The second-order valence-electron chi connectivity index (χ2n) is 17.9. The smallest absolute Gasteiger partial charge is 0.393 e. The van der Waals surface area contributed by atoms with Crippen LogP contribution in [0, 0.1) is 0 Å². The van der Waals surface area contributed by atoms with Gasteiger partial charge in [-0.3, -0.25) is 13.8 Å². The quantitative estimate of drug-likeness (QED) is 0.0160. The summed E-state index contributed by atoms with van der Waals surface area (Å²) in [7, 11) is -5.14. The molecule has 0 aromatic rings. The largest absolute Gasteiger partial charge is 0.472 e. The molecular formula is C47H92NO12P. The first kappa shape index (κ1) is 58.1. The van der Waals surface area contributed by atoms with Gasteiger partial charge in [0.05, 0.1) is 31.3 Å². The van der Waals surface area contributed by atoms with E-state index in [2.05, 4.69) is 19.2 Å². The van der Waals surface area contributed by atoms with Crippen LogP contribution >= 0.6 is 7.82 Å². The molecule has 0 aliphatic heterocycles. The summed E-state index contributed by atoms with van der Waals surface area (Å²) in [6, 6.07) is -1.23. The lowest BCUT2D eigenvalue weighted by Gasteiger charge is -2.41. The van der Waals surface area contributed by atoms with E-state index in [1.807, 2.05) is 0 Å². The minimum atomic E-state index is -5.14. The molecule has 1 fully saturated rings. The van der Waals surface area contributed by atoms with Crippen molar-refractivity contribution in [2.24, 2.45) is 0 Å². The average molecular weight is 894 g/mol. The number of nitrogens with one attached hydrogen (secondary N) is 1. The molecule has 0 aromatic heterocycles. The minimum Gasteiger partial charge on any atom is -0.393 e. The van der Waals surface area contributed by atoms with E-state index >= 15 is 0 Å². The van der Waals surface area contributed by atoms with E-state index in [1.54, 1.807) is 6.08 Å². The molecule has 0 saturated heterocycles. The molecule has 61 heavy (non-hydrogen) atoms. The Bertz CT molecular complexity index is 1100. The summed E-state index contributed by atoms with van der Waals surface area (Å²) in [6.45, 7) is 3.75. The number of amides is 1. The van der Waals surface area contributed by atoms with E-state index in [9.17, 15) is 50.0 Å². The summed E-state index contributed by atoms with van der Waals surface area (Å²) in [5.74, 6) is -0.590. The van der Waals surface area contributed by atoms with Crippen molar-refractivity contribution < 1.29 is 59.0 Å². The van der Waals surface area contributed by atoms with Crippen LogP contribution in [0.2, 0.25) is 0 Å². The summed E-state index contributed by atoms with van der Waals surface area (Å²) < 4.78 is 22.9. The lowest BCUT2D eigenvalue weighted by molar-refractivity contribution is -0.220. The van der Waals surface area contributed by atoms with Crippen molar-refractivity contribution in [1.29, 1.82) is 0 Å². The van der Waals surface area contributed by atoms with Crippen molar-refractivity contribution in [3.63, 3.8) is 0 Å². The van der Waals surface area contributed by atoms with Gasteiger partial charge in [-0.2, -0.15) is 0 Å². The van der Waals surface area contributed by atoms with Crippen LogP contribution in [-0.4, -0.2) is 108 Å². The highest BCUT2D eigenvalue weighted by atomic mass is 31.2. The van der Waals surface area contributed by atoms with E-state index < -0.39 is 75.2 Å². The van der Waals surface area contributed by atoms with Gasteiger partial charge in [-0.15, -0.1) is 0 Å². The molecule has 13 nitrogen and oxygen atoms in total. The molecule has 8 unspecified atom stereocenters. The Balaban J connectivity index is 2.52. The Hall–Kier alpha value is -0.960. The zero-order chi connectivity index (χ0) is 45.1. The molecule has 1 aliphatic carbocycles. The fourth-order valence-electron chi connectivity index (χ4n) is 8.07. The van der Waals surface area contributed by atoms with Gasteiger partial charge < -0.3 is 46.0 Å². The van der Waals surface area contributed by atoms with Crippen LogP contribution in [0.1, 0.15) is 219 Å². The topological polar surface area (TPSA) is 226 Å². The number of phosphoric acid groups is 1. The van der Waals surface area contributed by atoms with Crippen molar-refractivity contribution in [1.82, 2.24) is 5.32 Å². The van der Waals surface area contributed by atoms with Crippen LogP contribution in [0.4, 0.5) is 0 Å². The molecule has 0 heterocycles. The molecule has 0 spiro atoms. The molecule has 1 amide bonds. The third-order valence-electron chi connectivity index (χ3n) is 12.1. The predicted octanol–water partition coefficient (Wildman–Crippen LogP) is 8.59. The van der Waals surface area contributed by atoms with E-state index in [1.165, 1.54) is 147 Å². The zero-order valence-electron chi connectivity index (χ0n) is 38.3. The summed E-state index contributed by atoms with van der Waals surface area (Å²) in [5, 5.41) is 74.5. The van der Waals surface area contributed by atoms with Crippen LogP contribution in [0.5, 0.6) is 0 Å². The second kappa shape index (κ2) is 37.3. The van der Waals surface area contributed by atoms with Gasteiger partial charge in [-0.1, -0.05) is 206 Å². The highest BCUT2D eigenvalue weighted by molar-refractivity contribution is 7.47. The third kappa shape index (κ3) is 29.2. The first-order valence-electron chi connectivity index (χ1n) is 24.7. The molecule has 0 bridgehead atoms. The molecule has 1 saturated carbocycles. The number of aliphatic hydroxyl groups excluding tert-OH is 7. The van der Waals surface area contributed by atoms with E-state index in [-0.39, 0.29) is 6.42 Å². The van der Waals surface area contributed by atoms with Gasteiger partial charge in [0.2, 0.25) is 5.91 Å². The summed E-state index contributed by atoms with van der Waals surface area (Å²) in [4.78, 5) is 23.5. The molecule has 1 rings (SSSR count). The van der Waals surface area contributed by atoms with E-state index in [4.69, 9.17) is 9.05 Å². The Labute approximate surface area is 370 Å². The molecule has 9 N–H and O–H groups in total. The number of phosphoric ester groups is 1. The van der Waals surface area contributed by atoms with Gasteiger partial charge >= 0.3 is 7.82 Å². The van der Waals surface area contributed by atoms with Crippen LogP contribution < -0.4 is 5.32 Å². The van der Waals surface area contributed by atoms with Gasteiger partial charge in [0.1, 0.15) is 36.6 Å². The maximum atomic E-state index is 13.0. The van der Waals surface area contributed by atoms with Gasteiger partial charge in [0.15, 0.2) is 0 Å². The fraction of sp³-hybridized carbons (Fsp3) is 0.936. The monoisotopic (exact) mass is 894 g/mol. The summed E-state index contributed by atoms with van der Waals surface area (Å²) >= 11 is 0. The molecule has 362 valence electrons. The highest BCUT2D eigenvalue weighted by Gasteiger charge is 2.51. The van der Waals surface area contributed by atoms with Crippen molar-refractivity contribution >= 4 is 13.7 Å². The van der Waals surface area contributed by atoms with Gasteiger partial charge in [0.25, 0.3) is 0 Å². The number of hydrogen-bond donors (Lipinski definition) is 9. The standard InChI is InChI=1S/C47H92NO12P/c1-3-5-7-9-11-13-15-17-18-19-20-21-23-25-27-29-31-33-35-40(50)39(37-59-61(57,58)60-47-45(55)43(53)42(52)44(54)46(47)56)48-41(51)36-38(49)34-32-30-28-26-24-22-16-14-12-10-8-6-4-2/h33,35,38-40,42-47,49-50,52-56H,3-32,34,36-37H2,1-2H3,(H,48,51)(H,57,58)/b35-33+. The Morgan fingerprint density at radius 3 is 1.34 bits per heavy atom. The number of allylic oxidation sites excluding steroid dienone is 1. The molecule has 14 heteroatoms. The summed E-state index contributed by atoms with van der Waals surface area (Å²) in [6.07, 6.45) is 25.8. The third-order valence-corrected chi connectivity index (χ3v) is 13.1. The number of aliphatic hydroxyl groups is 7. The van der Waals surface area contributed by atoms with Crippen molar-refractivity contribution in [2.75, 3.05) is 6.61 Å². The predicted molar refractivity (Wildman–Crippen MR) is 243 cm³/mol. The molecule has 0 radical (unpaired) electrons. The molecular weight excluding hydrogens is 801 g/mol. The van der Waals surface area contributed by atoms with E-state index in [0.717, 1.165) is 44.9 Å². The minimum absolute atomic E-state index is 0.240. The maximum absolute atomic E-state index is 13.0. The van der Waals surface area contributed by atoms with Crippen molar-refractivity contribution in [3.05, 3.63) is 12.2 Å². The first-order chi connectivity index (χ1) is 29.3.